The molecule has 2 atom stereocenters. The molecule has 0 bridgehead atoms. The lowest BCUT2D eigenvalue weighted by atomic mass is 10.0. The number of carbonyl (C=O) groups excluding carboxylic acids is 2. The summed E-state index contributed by atoms with van der Waals surface area (Å²) in [6.07, 6.45) is 1.26. The summed E-state index contributed by atoms with van der Waals surface area (Å²) in [4.78, 5) is 42.1. The molecule has 0 unspecified atom stereocenters. The minimum Gasteiger partial charge on any atom is -0.497 e. The van der Waals surface area contributed by atoms with Gasteiger partial charge in [-0.15, -0.1) is 23.5 Å². The highest BCUT2D eigenvalue weighted by Gasteiger charge is 2.56. The molecule has 7 nitrogen and oxygen atoms in total. The van der Waals surface area contributed by atoms with Gasteiger partial charge < -0.3 is 15.2 Å². The highest BCUT2D eigenvalue weighted by Crippen LogP contribution is 2.58. The number of hydrogen-bond donors (Lipinski definition) is 2. The molecule has 2 N–H and O–H groups in total. The number of β-lactam (4-membered cyclic amide) rings is 1. The number of aliphatic carboxylic acids is 1. The average Bonchev–Trinajstić information content (AvgIpc) is 3.19. The van der Waals surface area contributed by atoms with Crippen LogP contribution >= 0.6 is 30.8 Å². The predicted molar refractivity (Wildman–Crippen MR) is 213 cm³/mol. The molecule has 52 heavy (non-hydrogen) atoms. The first kappa shape index (κ1) is 35.6. The van der Waals surface area contributed by atoms with Crippen molar-refractivity contribution in [3.63, 3.8) is 0 Å². The zero-order valence-electron chi connectivity index (χ0n) is 28.6. The Kier molecular flexibility index (Phi) is 10.8. The number of rotatable bonds is 13. The molecule has 0 aliphatic carbocycles. The second-order valence-corrected chi connectivity index (χ2v) is 18.3. The SMILES string of the molecule is COc1ccc(Cc2ccc(SCC(=O)N[C@@H]3C(=O)N4C(C(=O)O)=C(C[P+](c5ccccc5)(c5ccccc5)c5ccccc5)CS[C@H]34)cc2)cc1. The van der Waals surface area contributed by atoms with E-state index < -0.39 is 30.6 Å². The van der Waals surface area contributed by atoms with Crippen molar-refractivity contribution in [3.8, 4) is 5.75 Å². The van der Waals surface area contributed by atoms with Gasteiger partial charge in [-0.3, -0.25) is 14.5 Å². The summed E-state index contributed by atoms with van der Waals surface area (Å²) >= 11 is 2.92. The van der Waals surface area contributed by atoms with Crippen LogP contribution in [0.1, 0.15) is 11.1 Å². The summed E-state index contributed by atoms with van der Waals surface area (Å²) in [5.41, 5.74) is 3.10. The molecule has 5 aromatic rings. The third kappa shape index (κ3) is 7.26. The topological polar surface area (TPSA) is 95.9 Å². The van der Waals surface area contributed by atoms with Gasteiger partial charge in [0.1, 0.15) is 46.0 Å². The summed E-state index contributed by atoms with van der Waals surface area (Å²) < 4.78 is 5.24. The van der Waals surface area contributed by atoms with Gasteiger partial charge >= 0.3 is 5.97 Å². The Hall–Kier alpha value is -4.82. The zero-order valence-corrected chi connectivity index (χ0v) is 31.1. The number of methoxy groups -OCH3 is 1. The van der Waals surface area contributed by atoms with Gasteiger partial charge in [0.15, 0.2) is 0 Å². The fraction of sp³-hybridized carbons (Fsp3) is 0.167. The lowest BCUT2D eigenvalue weighted by Crippen LogP contribution is -2.70. The number of nitrogens with zero attached hydrogens (tertiary/aromatic N) is 1. The number of carboxylic acid groups (broad SMARTS) is 1. The van der Waals surface area contributed by atoms with E-state index in [0.29, 0.717) is 11.9 Å². The molecule has 0 saturated carbocycles. The number of benzene rings is 5. The maximum Gasteiger partial charge on any atom is 0.352 e. The zero-order chi connectivity index (χ0) is 36.1. The maximum atomic E-state index is 13.7. The molecule has 0 radical (unpaired) electrons. The summed E-state index contributed by atoms with van der Waals surface area (Å²) in [6, 6.07) is 46.2. The van der Waals surface area contributed by atoms with Gasteiger partial charge in [0.05, 0.1) is 19.0 Å². The normalized spacial score (nSPS) is 16.9. The van der Waals surface area contributed by atoms with Gasteiger partial charge in [-0.05, 0) is 78.2 Å². The van der Waals surface area contributed by atoms with Crippen LogP contribution in [0, 0.1) is 0 Å². The van der Waals surface area contributed by atoms with Crippen LogP contribution in [-0.2, 0) is 20.8 Å². The molecule has 0 spiro atoms. The third-order valence-electron chi connectivity index (χ3n) is 9.45. The molecule has 7 rings (SSSR count). The Morgan fingerprint density at radius 3 is 1.83 bits per heavy atom. The standard InChI is InChI=1S/C42H37N2O5PS2/c1-49-32-21-17-29(18-22-32)25-30-19-23-36(24-20-30)51-28-37(45)43-38-40(46)44-39(42(47)48)31(27-52-41(38)44)26-50(33-11-5-2-6-12-33,34-13-7-3-8-14-34)35-15-9-4-10-16-35/h2-24,38,41H,25-28H2,1H3,(H-,43,45,47,48)/p+1/t38-,41-/m1/s1. The average molecular weight is 746 g/mol. The summed E-state index contributed by atoms with van der Waals surface area (Å²) in [5, 5.41) is 16.5. The molecule has 2 aliphatic heterocycles. The van der Waals surface area contributed by atoms with Gasteiger partial charge in [0, 0.05) is 16.2 Å². The lowest BCUT2D eigenvalue weighted by Gasteiger charge is -2.49. The van der Waals surface area contributed by atoms with Crippen molar-refractivity contribution >= 4 is 64.5 Å². The van der Waals surface area contributed by atoms with Gasteiger partial charge in [0.2, 0.25) is 5.91 Å². The van der Waals surface area contributed by atoms with Gasteiger partial charge in [-0.2, -0.15) is 0 Å². The van der Waals surface area contributed by atoms with E-state index in [1.54, 1.807) is 7.11 Å². The van der Waals surface area contributed by atoms with Crippen LogP contribution < -0.4 is 26.0 Å². The number of carboxylic acids is 1. The van der Waals surface area contributed by atoms with E-state index in [1.807, 2.05) is 91.0 Å². The fourth-order valence-electron chi connectivity index (χ4n) is 6.91. The Morgan fingerprint density at radius 1 is 0.808 bits per heavy atom. The Morgan fingerprint density at radius 2 is 1.33 bits per heavy atom. The van der Waals surface area contributed by atoms with E-state index in [1.165, 1.54) is 34.0 Å². The van der Waals surface area contributed by atoms with Crippen LogP contribution in [0.25, 0.3) is 0 Å². The lowest BCUT2D eigenvalue weighted by molar-refractivity contribution is -0.150. The van der Waals surface area contributed by atoms with Crippen molar-refractivity contribution in [3.05, 3.63) is 162 Å². The van der Waals surface area contributed by atoms with Gasteiger partial charge in [-0.1, -0.05) is 78.9 Å². The molecule has 2 amide bonds. The Balaban J connectivity index is 1.06. The highest BCUT2D eigenvalue weighted by molar-refractivity contribution is 8.00. The molecular formula is C42H38N2O5PS2+. The number of hydrogen-bond acceptors (Lipinski definition) is 6. The number of carbonyl (C=O) groups is 3. The van der Waals surface area contributed by atoms with E-state index in [0.717, 1.165) is 44.1 Å². The van der Waals surface area contributed by atoms with E-state index in [2.05, 4.69) is 53.8 Å². The van der Waals surface area contributed by atoms with Crippen LogP contribution in [-0.4, -0.2) is 64.0 Å². The first-order chi connectivity index (χ1) is 25.4. The van der Waals surface area contributed by atoms with Crippen molar-refractivity contribution < 1.29 is 24.2 Å². The second-order valence-electron chi connectivity index (χ2n) is 12.6. The molecule has 1 saturated heterocycles. The smallest absolute Gasteiger partial charge is 0.352 e. The molecule has 10 heteroatoms. The van der Waals surface area contributed by atoms with Crippen LogP contribution in [0.3, 0.4) is 0 Å². The molecular weight excluding hydrogens is 708 g/mol. The molecule has 2 aliphatic rings. The Bertz CT molecular complexity index is 1980. The molecule has 2 heterocycles. The number of thioether (sulfide) groups is 2. The third-order valence-corrected chi connectivity index (χ3v) is 16.2. The number of amides is 2. The first-order valence-electron chi connectivity index (χ1n) is 17.0. The Labute approximate surface area is 312 Å². The van der Waals surface area contributed by atoms with E-state index in [4.69, 9.17) is 4.74 Å². The molecule has 1 fully saturated rings. The van der Waals surface area contributed by atoms with Crippen LogP contribution in [0.4, 0.5) is 0 Å². The summed E-state index contributed by atoms with van der Waals surface area (Å²) in [7, 11) is -0.740. The molecule has 262 valence electrons. The molecule has 5 aromatic carbocycles. The largest absolute Gasteiger partial charge is 0.497 e. The quantitative estimate of drug-likeness (QED) is 0.0854. The number of ether oxygens (including phenoxy) is 1. The fourth-order valence-corrected chi connectivity index (χ4v) is 13.4. The van der Waals surface area contributed by atoms with Crippen molar-refractivity contribution in [2.75, 3.05) is 24.8 Å². The minimum absolute atomic E-state index is 0.0375. The van der Waals surface area contributed by atoms with Crippen LogP contribution in [0.15, 0.2) is 156 Å². The second kappa shape index (κ2) is 15.8. The monoisotopic (exact) mass is 745 g/mol. The van der Waals surface area contributed by atoms with E-state index in [-0.39, 0.29) is 17.4 Å². The predicted octanol–water partition coefficient (Wildman–Crippen LogP) is 6.11. The molecule has 0 aromatic heterocycles. The van der Waals surface area contributed by atoms with Gasteiger partial charge in [0.25, 0.3) is 5.91 Å². The highest BCUT2D eigenvalue weighted by atomic mass is 32.2. The van der Waals surface area contributed by atoms with Crippen molar-refractivity contribution in [2.45, 2.75) is 22.7 Å². The summed E-state index contributed by atoms with van der Waals surface area (Å²) in [6.45, 7) is 0. The van der Waals surface area contributed by atoms with E-state index >= 15 is 0 Å². The van der Waals surface area contributed by atoms with Crippen molar-refractivity contribution in [2.24, 2.45) is 0 Å². The van der Waals surface area contributed by atoms with Crippen LogP contribution in [0.5, 0.6) is 5.75 Å². The minimum atomic E-state index is -2.39. The van der Waals surface area contributed by atoms with Crippen molar-refractivity contribution in [1.82, 2.24) is 10.2 Å². The first-order valence-corrected chi connectivity index (χ1v) is 21.0. The van der Waals surface area contributed by atoms with Gasteiger partial charge in [-0.25, -0.2) is 4.79 Å². The van der Waals surface area contributed by atoms with Crippen molar-refractivity contribution in [1.29, 1.82) is 0 Å². The maximum absolute atomic E-state index is 13.7. The number of nitrogens with one attached hydrogen (secondary N) is 1. The number of fused-ring (bicyclic) bond motifs is 1. The van der Waals surface area contributed by atoms with E-state index in [9.17, 15) is 19.5 Å². The summed E-state index contributed by atoms with van der Waals surface area (Å²) in [5.74, 6) is -0.379. The van der Waals surface area contributed by atoms with Crippen LogP contribution in [0.2, 0.25) is 0 Å².